The Balaban J connectivity index is 1.73. The lowest BCUT2D eigenvalue weighted by molar-refractivity contribution is 0.0449. The molecule has 0 unspecified atom stereocenters. The van der Waals surface area contributed by atoms with Crippen molar-refractivity contribution in [3.8, 4) is 0 Å². The van der Waals surface area contributed by atoms with Gasteiger partial charge in [-0.2, -0.15) is 0 Å². The van der Waals surface area contributed by atoms with Crippen LogP contribution in [0.15, 0.2) is 65.3 Å². The summed E-state index contributed by atoms with van der Waals surface area (Å²) in [6.45, 7) is 1.84. The first-order valence-electron chi connectivity index (χ1n) is 8.23. The second-order valence-corrected chi connectivity index (χ2v) is 6.50. The van der Waals surface area contributed by atoms with Gasteiger partial charge in [-0.15, -0.1) is 0 Å². The molecule has 3 rings (SSSR count). The van der Waals surface area contributed by atoms with Crippen LogP contribution >= 0.6 is 15.9 Å². The largest absolute Gasteiger partial charge is 0.455 e. The van der Waals surface area contributed by atoms with Crippen LogP contribution in [0.2, 0.25) is 0 Å². The first-order chi connectivity index (χ1) is 13.1. The maximum Gasteiger partial charge on any atom is 0.420 e. The molecule has 0 aliphatic carbocycles. The maximum absolute atomic E-state index is 12.5. The monoisotopic (exact) mass is 428 g/mol. The molecule has 3 aromatic rings. The van der Waals surface area contributed by atoms with Gasteiger partial charge in [0, 0.05) is 0 Å². The molecule has 0 aliphatic heterocycles. The van der Waals surface area contributed by atoms with Crippen LogP contribution in [-0.2, 0) is 22.7 Å². The smallest absolute Gasteiger partial charge is 0.420 e. The molecule has 1 heterocycles. The van der Waals surface area contributed by atoms with Gasteiger partial charge in [0.25, 0.3) is 0 Å². The Labute approximate surface area is 164 Å². The highest BCUT2D eigenvalue weighted by Gasteiger charge is 2.25. The van der Waals surface area contributed by atoms with Crippen LogP contribution in [0.5, 0.6) is 0 Å². The summed E-state index contributed by atoms with van der Waals surface area (Å²) < 4.78 is 12.1. The van der Waals surface area contributed by atoms with Crippen LogP contribution in [0.4, 0.5) is 4.79 Å². The number of hydrogen-bond acceptors (Lipinski definition) is 5. The van der Waals surface area contributed by atoms with Crippen molar-refractivity contribution in [1.29, 1.82) is 0 Å². The molecule has 0 aliphatic rings. The molecular formula is C20H17BrN2O4. The Morgan fingerprint density at radius 3 is 2.00 bits per heavy atom. The zero-order valence-corrected chi connectivity index (χ0v) is 16.2. The zero-order valence-electron chi connectivity index (χ0n) is 14.6. The molecule has 6 nitrogen and oxygen atoms in total. The number of benzene rings is 2. The van der Waals surface area contributed by atoms with Gasteiger partial charge in [0.1, 0.15) is 17.8 Å². The van der Waals surface area contributed by atoms with Gasteiger partial charge < -0.3 is 9.47 Å². The normalized spacial score (nSPS) is 10.4. The van der Waals surface area contributed by atoms with Crippen molar-refractivity contribution < 1.29 is 19.1 Å². The van der Waals surface area contributed by atoms with Gasteiger partial charge in [-0.25, -0.2) is 19.1 Å². The number of rotatable bonds is 5. The maximum atomic E-state index is 12.5. The minimum atomic E-state index is -0.704. The third-order valence-electron chi connectivity index (χ3n) is 3.83. The number of carbonyl (C=O) groups is 2. The summed E-state index contributed by atoms with van der Waals surface area (Å²) in [4.78, 5) is 29.1. The van der Waals surface area contributed by atoms with E-state index in [0.717, 1.165) is 15.7 Å². The Kier molecular flexibility index (Phi) is 6.03. The zero-order chi connectivity index (χ0) is 19.2. The SMILES string of the molecule is Cc1c(Br)nc(C(=O)OCc2ccccc2)n1C(=O)OCc1ccccc1. The van der Waals surface area contributed by atoms with E-state index in [9.17, 15) is 9.59 Å². The van der Waals surface area contributed by atoms with Gasteiger partial charge in [-0.3, -0.25) is 0 Å². The van der Waals surface area contributed by atoms with E-state index < -0.39 is 12.1 Å². The predicted octanol–water partition coefficient (Wildman–Crippen LogP) is 4.50. The fourth-order valence-corrected chi connectivity index (χ4v) is 2.75. The van der Waals surface area contributed by atoms with E-state index in [1.165, 1.54) is 0 Å². The number of imidazole rings is 1. The summed E-state index contributed by atoms with van der Waals surface area (Å²) >= 11 is 3.25. The van der Waals surface area contributed by atoms with Crippen molar-refractivity contribution >= 4 is 28.0 Å². The highest BCUT2D eigenvalue weighted by atomic mass is 79.9. The van der Waals surface area contributed by atoms with Crippen molar-refractivity contribution in [1.82, 2.24) is 9.55 Å². The summed E-state index contributed by atoms with van der Waals surface area (Å²) in [6.07, 6.45) is -0.693. The van der Waals surface area contributed by atoms with Crippen LogP contribution in [-0.4, -0.2) is 21.6 Å². The van der Waals surface area contributed by atoms with Crippen LogP contribution in [0.25, 0.3) is 0 Å². The lowest BCUT2D eigenvalue weighted by Crippen LogP contribution is -2.22. The van der Waals surface area contributed by atoms with Gasteiger partial charge in [0.05, 0.1) is 5.69 Å². The lowest BCUT2D eigenvalue weighted by Gasteiger charge is -2.10. The summed E-state index contributed by atoms with van der Waals surface area (Å²) in [7, 11) is 0. The summed E-state index contributed by atoms with van der Waals surface area (Å²) in [6, 6.07) is 18.5. The number of esters is 1. The first kappa shape index (κ1) is 18.8. The van der Waals surface area contributed by atoms with Crippen LogP contribution in [0, 0.1) is 6.92 Å². The average Bonchev–Trinajstić information content (AvgIpc) is 3.00. The molecular weight excluding hydrogens is 412 g/mol. The molecule has 0 N–H and O–H groups in total. The number of aromatic nitrogens is 2. The molecule has 0 bridgehead atoms. The molecule has 1 aromatic heterocycles. The fourth-order valence-electron chi connectivity index (χ4n) is 2.41. The number of halogens is 1. The fraction of sp³-hybridized carbons (Fsp3) is 0.150. The quantitative estimate of drug-likeness (QED) is 0.559. The third kappa shape index (κ3) is 4.62. The van der Waals surface area contributed by atoms with E-state index in [1.807, 2.05) is 60.7 Å². The summed E-state index contributed by atoms with van der Waals surface area (Å²) in [5.41, 5.74) is 2.14. The highest BCUT2D eigenvalue weighted by Crippen LogP contribution is 2.19. The molecule has 2 aromatic carbocycles. The third-order valence-corrected chi connectivity index (χ3v) is 4.58. The van der Waals surface area contributed by atoms with E-state index >= 15 is 0 Å². The molecule has 0 radical (unpaired) electrons. The van der Waals surface area contributed by atoms with Crippen molar-refractivity contribution in [3.63, 3.8) is 0 Å². The van der Waals surface area contributed by atoms with Crippen molar-refractivity contribution in [2.45, 2.75) is 20.1 Å². The summed E-state index contributed by atoms with van der Waals surface area (Å²) in [5, 5.41) is 0. The van der Waals surface area contributed by atoms with Gasteiger partial charge in [0.15, 0.2) is 0 Å². The number of hydrogen-bond donors (Lipinski definition) is 0. The van der Waals surface area contributed by atoms with Crippen molar-refractivity contribution in [2.24, 2.45) is 0 Å². The van der Waals surface area contributed by atoms with Crippen molar-refractivity contribution in [3.05, 3.63) is 87.9 Å². The molecule has 0 amide bonds. The van der Waals surface area contributed by atoms with E-state index in [1.54, 1.807) is 6.92 Å². The predicted molar refractivity (Wildman–Crippen MR) is 102 cm³/mol. The lowest BCUT2D eigenvalue weighted by atomic mass is 10.2. The van der Waals surface area contributed by atoms with Crippen LogP contribution in [0.1, 0.15) is 27.4 Å². The number of carbonyl (C=O) groups excluding carboxylic acids is 2. The van der Waals surface area contributed by atoms with E-state index in [2.05, 4.69) is 20.9 Å². The van der Waals surface area contributed by atoms with Gasteiger partial charge in [0.2, 0.25) is 5.82 Å². The van der Waals surface area contributed by atoms with Gasteiger partial charge >= 0.3 is 12.1 Å². The molecule has 27 heavy (non-hydrogen) atoms. The van der Waals surface area contributed by atoms with E-state index in [4.69, 9.17) is 9.47 Å². The Morgan fingerprint density at radius 1 is 0.926 bits per heavy atom. The minimum Gasteiger partial charge on any atom is -0.455 e. The van der Waals surface area contributed by atoms with Gasteiger partial charge in [-0.1, -0.05) is 60.7 Å². The molecule has 138 valence electrons. The Hall–Kier alpha value is -2.93. The second kappa shape index (κ2) is 8.64. The molecule has 7 heteroatoms. The minimum absolute atomic E-state index is 0.0856. The van der Waals surface area contributed by atoms with Crippen LogP contribution in [0.3, 0.4) is 0 Å². The average molecular weight is 429 g/mol. The Bertz CT molecular complexity index is 939. The standard InChI is InChI=1S/C20H17BrN2O4/c1-14-17(21)22-18(19(24)26-12-15-8-4-2-5-9-15)23(14)20(25)27-13-16-10-6-3-7-11-16/h2-11H,12-13H2,1H3. The van der Waals surface area contributed by atoms with Crippen molar-refractivity contribution in [2.75, 3.05) is 0 Å². The van der Waals surface area contributed by atoms with Crippen LogP contribution < -0.4 is 0 Å². The highest BCUT2D eigenvalue weighted by molar-refractivity contribution is 9.10. The molecule has 0 saturated heterocycles. The molecule has 0 saturated carbocycles. The number of nitrogens with zero attached hydrogens (tertiary/aromatic N) is 2. The molecule has 0 fully saturated rings. The molecule has 0 spiro atoms. The summed E-state index contributed by atoms with van der Waals surface area (Å²) in [5.74, 6) is -0.835. The number of ether oxygens (including phenoxy) is 2. The second-order valence-electron chi connectivity index (χ2n) is 5.75. The Morgan fingerprint density at radius 2 is 1.44 bits per heavy atom. The van der Waals surface area contributed by atoms with E-state index in [-0.39, 0.29) is 19.0 Å². The van der Waals surface area contributed by atoms with Gasteiger partial charge in [-0.05, 0) is 34.0 Å². The van der Waals surface area contributed by atoms with E-state index in [0.29, 0.717) is 10.3 Å². The first-order valence-corrected chi connectivity index (χ1v) is 9.02. The molecule has 0 atom stereocenters. The topological polar surface area (TPSA) is 70.4 Å².